The van der Waals surface area contributed by atoms with Gasteiger partial charge in [0.2, 0.25) is 0 Å². The van der Waals surface area contributed by atoms with Crippen LogP contribution in [0.5, 0.6) is 0 Å². The molecule has 0 spiro atoms. The molecule has 0 aliphatic heterocycles. The Hall–Kier alpha value is -2.87. The monoisotopic (exact) mass is 612 g/mol. The fourth-order valence-corrected chi connectivity index (χ4v) is 6.45. The Morgan fingerprint density at radius 1 is 0.459 bits per heavy atom. The van der Waals surface area contributed by atoms with Gasteiger partial charge in [-0.3, -0.25) is 9.97 Å². The van der Waals surface area contributed by atoms with Crippen LogP contribution in [0.4, 0.5) is 0 Å². The molecule has 0 bridgehead atoms. The first-order valence-corrected chi connectivity index (χ1v) is 15.6. The maximum Gasteiger partial charge on any atom is -0.0134 e. The van der Waals surface area contributed by atoms with Gasteiger partial charge >= 0.3 is 28.3 Å². The van der Waals surface area contributed by atoms with E-state index in [0.717, 1.165) is 33.2 Å². The molecule has 188 valence electrons. The van der Waals surface area contributed by atoms with Crippen molar-refractivity contribution in [2.75, 3.05) is 0 Å². The minimum Gasteiger partial charge on any atom is -0.0622 e. The Morgan fingerprint density at radius 3 is 1.08 bits per heavy atom. The second-order valence-corrected chi connectivity index (χ2v) is 10.7. The van der Waals surface area contributed by atoms with Crippen molar-refractivity contribution in [2.45, 2.75) is 13.8 Å². The van der Waals surface area contributed by atoms with Crippen LogP contribution < -0.4 is 15.9 Å². The van der Waals surface area contributed by atoms with Gasteiger partial charge in [-0.25, -0.2) is 0 Å². The molecular weight excluding hydrogens is 587 g/mol. The Kier molecular flexibility index (Phi) is 9.99. The quantitative estimate of drug-likeness (QED) is 0.116. The number of nitrogens with zero attached hydrogens (tertiary/aromatic N) is 2. The Bertz CT molecular complexity index is 1410. The molecule has 0 saturated carbocycles. The first-order chi connectivity index (χ1) is 18.2. The van der Waals surface area contributed by atoms with Gasteiger partial charge in [0.15, 0.2) is 0 Å². The average molecular weight is 614 g/mol. The van der Waals surface area contributed by atoms with Crippen molar-refractivity contribution in [1.82, 2.24) is 9.97 Å². The van der Waals surface area contributed by atoms with E-state index >= 15 is 0 Å². The van der Waals surface area contributed by atoms with Crippen molar-refractivity contribution in [2.24, 2.45) is 0 Å². The first kappa shape index (κ1) is 27.2. The zero-order chi connectivity index (χ0) is 26.0. The number of fused-ring (bicyclic) bond motifs is 3. The fourth-order valence-electron chi connectivity index (χ4n) is 4.14. The van der Waals surface area contributed by atoms with Gasteiger partial charge in [0.1, 0.15) is 0 Å². The predicted octanol–water partition coefficient (Wildman–Crippen LogP) is 7.69. The maximum atomic E-state index is 4.58. The van der Waals surface area contributed by atoms with E-state index < -0.39 is 7.92 Å². The second-order valence-electron chi connectivity index (χ2n) is 8.46. The van der Waals surface area contributed by atoms with Gasteiger partial charge in [0.05, 0.1) is 11.0 Å². The molecule has 0 radical (unpaired) electrons. The molecule has 0 aliphatic rings. The molecule has 6 aromatic rings. The summed E-state index contributed by atoms with van der Waals surface area (Å²) in [5, 5.41) is 6.49. The topological polar surface area (TPSA) is 25.8 Å². The van der Waals surface area contributed by atoms with E-state index in [1.807, 2.05) is 26.0 Å². The van der Waals surface area contributed by atoms with Crippen LogP contribution >= 0.6 is 22.0 Å². The minimum atomic E-state index is -0.446. The van der Waals surface area contributed by atoms with E-state index in [0.29, 0.717) is 0 Å². The maximum absolute atomic E-state index is 4.58. The van der Waals surface area contributed by atoms with Crippen LogP contribution in [0.1, 0.15) is 11.4 Å². The van der Waals surface area contributed by atoms with E-state index in [-0.39, 0.29) is 0 Å². The van der Waals surface area contributed by atoms with Crippen molar-refractivity contribution in [1.29, 1.82) is 0 Å². The standard InChI is InChI=1S/C18H15P.C14H12N2.BrH.Cu/c1-4-10-16(11-5-1)19(17-12-6-2-7-13-17)18-14-8-3-9-15-18;1-9-3-5-11-7-8-12-6-4-10(2)16-14(12)13(11)15-9;;/h1-15H;3-8H,1-2H3;1H;/q;;;+1/p-1. The molecule has 0 saturated heterocycles. The minimum absolute atomic E-state index is 0.446. The summed E-state index contributed by atoms with van der Waals surface area (Å²) in [4.78, 5) is 9.16. The van der Waals surface area contributed by atoms with Crippen LogP contribution in [0.15, 0.2) is 127 Å². The third-order valence-corrected chi connectivity index (χ3v) is 8.28. The van der Waals surface area contributed by atoms with E-state index in [9.17, 15) is 0 Å². The molecule has 2 aromatic heterocycles. The largest absolute Gasteiger partial charge is 0.0622 e. The number of halogens is 1. The summed E-state index contributed by atoms with van der Waals surface area (Å²) in [5.41, 5.74) is 4.06. The third kappa shape index (κ3) is 6.92. The number of hydrogen-bond acceptors (Lipinski definition) is 2. The molecule has 4 aromatic carbocycles. The van der Waals surface area contributed by atoms with Crippen LogP contribution in [-0.2, 0) is 14.2 Å². The van der Waals surface area contributed by atoms with E-state index in [2.05, 4.69) is 154 Å². The number of aryl methyl sites for hydroxylation is 2. The van der Waals surface area contributed by atoms with Crippen molar-refractivity contribution in [3.63, 3.8) is 0 Å². The summed E-state index contributed by atoms with van der Waals surface area (Å²) >= 11 is 6.50. The van der Waals surface area contributed by atoms with E-state index in [1.165, 1.54) is 15.9 Å². The molecule has 2 heterocycles. The molecule has 0 atom stereocenters. The second kappa shape index (κ2) is 13.6. The molecule has 0 unspecified atom stereocenters. The fraction of sp³-hybridized carbons (Fsp3) is 0.0625. The van der Waals surface area contributed by atoms with Crippen molar-refractivity contribution < 1.29 is 14.2 Å². The smallest absolute Gasteiger partial charge is 0.0134 e. The molecule has 37 heavy (non-hydrogen) atoms. The average Bonchev–Trinajstić information content (AvgIpc) is 2.96. The van der Waals surface area contributed by atoms with Gasteiger partial charge in [0.25, 0.3) is 0 Å². The summed E-state index contributed by atoms with van der Waals surface area (Å²) in [6.45, 7) is 4.02. The van der Waals surface area contributed by atoms with Gasteiger partial charge in [-0.1, -0.05) is 115 Å². The number of aromatic nitrogens is 2. The summed E-state index contributed by atoms with van der Waals surface area (Å²) < 4.78 is 0. The molecule has 2 nitrogen and oxygen atoms in total. The van der Waals surface area contributed by atoms with Crippen LogP contribution in [0.2, 0.25) is 0 Å². The van der Waals surface area contributed by atoms with E-state index in [4.69, 9.17) is 0 Å². The van der Waals surface area contributed by atoms with Crippen molar-refractivity contribution >= 4 is 59.8 Å². The van der Waals surface area contributed by atoms with Gasteiger partial charge in [-0.15, -0.1) is 0 Å². The normalized spacial score (nSPS) is 10.4. The Morgan fingerprint density at radius 2 is 0.757 bits per heavy atom. The van der Waals surface area contributed by atoms with Gasteiger partial charge in [-0.05, 0) is 49.8 Å². The van der Waals surface area contributed by atoms with Crippen molar-refractivity contribution in [3.05, 3.63) is 139 Å². The first-order valence-electron chi connectivity index (χ1n) is 11.9. The molecule has 0 amide bonds. The molecule has 0 aliphatic carbocycles. The number of pyridine rings is 2. The summed E-state index contributed by atoms with van der Waals surface area (Å²) in [6.07, 6.45) is 0. The SMILES string of the molecule is Cc1ccc2ccc3ccc(C)nc3c2n1.[Cu][Br].c1ccc(P(c2ccccc2)c2ccccc2)cc1. The number of rotatable bonds is 3. The van der Waals surface area contributed by atoms with Gasteiger partial charge < -0.3 is 0 Å². The molecule has 0 fully saturated rings. The summed E-state index contributed by atoms with van der Waals surface area (Å²) in [6, 6.07) is 44.8. The number of hydrogen-bond donors (Lipinski definition) is 0. The van der Waals surface area contributed by atoms with Gasteiger partial charge in [-0.2, -0.15) is 0 Å². The third-order valence-electron chi connectivity index (χ3n) is 5.84. The summed E-state index contributed by atoms with van der Waals surface area (Å²) in [5.74, 6) is 0. The number of benzene rings is 4. The van der Waals surface area contributed by atoms with Crippen LogP contribution in [-0.4, -0.2) is 9.97 Å². The molecule has 6 rings (SSSR count). The predicted molar refractivity (Wildman–Crippen MR) is 161 cm³/mol. The van der Waals surface area contributed by atoms with Crippen LogP contribution in [0, 0.1) is 13.8 Å². The van der Waals surface area contributed by atoms with Crippen LogP contribution in [0.25, 0.3) is 21.8 Å². The molecule has 5 heteroatoms. The summed E-state index contributed by atoms with van der Waals surface area (Å²) in [7, 11) is -0.446. The van der Waals surface area contributed by atoms with Crippen LogP contribution in [0.3, 0.4) is 0 Å². The Labute approximate surface area is 235 Å². The zero-order valence-electron chi connectivity index (χ0n) is 20.6. The zero-order valence-corrected chi connectivity index (χ0v) is 24.1. The Balaban J connectivity index is 0.000000164. The molecular formula is C32H27BrCuN2P. The van der Waals surface area contributed by atoms with Gasteiger partial charge in [0, 0.05) is 22.2 Å². The molecule has 0 N–H and O–H groups in total. The van der Waals surface area contributed by atoms with E-state index in [1.54, 1.807) is 0 Å². The van der Waals surface area contributed by atoms with Crippen molar-refractivity contribution in [3.8, 4) is 0 Å².